The molecule has 1 aliphatic rings. The molecule has 5 nitrogen and oxygen atoms in total. The van der Waals surface area contributed by atoms with Crippen LogP contribution in [-0.2, 0) is 22.7 Å². The summed E-state index contributed by atoms with van der Waals surface area (Å²) in [4.78, 5) is 34.2. The first-order valence-corrected chi connectivity index (χ1v) is 9.87. The van der Waals surface area contributed by atoms with E-state index in [0.717, 1.165) is 16.7 Å². The topological polar surface area (TPSA) is 53.5 Å². The molecule has 1 aromatic heterocycles. The van der Waals surface area contributed by atoms with Gasteiger partial charge in [-0.3, -0.25) is 19.5 Å². The fraction of sp³-hybridized carbons (Fsp3) is 0.160. The first kappa shape index (κ1) is 19.6. The molecule has 0 saturated heterocycles. The number of amides is 2. The van der Waals surface area contributed by atoms with Gasteiger partial charge in [0.15, 0.2) is 0 Å². The van der Waals surface area contributed by atoms with Gasteiger partial charge in [-0.2, -0.15) is 0 Å². The van der Waals surface area contributed by atoms with Gasteiger partial charge in [0.1, 0.15) is 5.70 Å². The molecule has 0 aliphatic carbocycles. The number of likely N-dealkylation sites (N-methyl/N-ethyl adjacent to an activating group) is 1. The molecule has 2 heterocycles. The number of aryl methyl sites for hydroxylation is 1. The number of hydrogen-bond acceptors (Lipinski definition) is 4. The van der Waals surface area contributed by atoms with Gasteiger partial charge in [0.25, 0.3) is 11.8 Å². The van der Waals surface area contributed by atoms with Crippen LogP contribution in [0.25, 0.3) is 5.57 Å². The maximum atomic E-state index is 13.4. The average Bonchev–Trinajstić information content (AvgIpc) is 3.00. The van der Waals surface area contributed by atoms with E-state index in [-0.39, 0.29) is 18.4 Å². The predicted molar refractivity (Wildman–Crippen MR) is 116 cm³/mol. The van der Waals surface area contributed by atoms with Crippen LogP contribution in [0.2, 0.25) is 0 Å². The largest absolute Gasteiger partial charge is 0.365 e. The molecule has 150 valence electrons. The van der Waals surface area contributed by atoms with Crippen LogP contribution in [0, 0.1) is 6.92 Å². The SMILES string of the molecule is Cc1ccc(C2=C(N(C)Cc3ccccc3)C(=O)N(Cc3ccccn3)C2=O)cc1. The molecule has 30 heavy (non-hydrogen) atoms. The van der Waals surface area contributed by atoms with Crippen molar-refractivity contribution in [2.75, 3.05) is 7.05 Å². The molecular weight excluding hydrogens is 374 g/mol. The number of aromatic nitrogens is 1. The standard InChI is InChI=1S/C25H23N3O2/c1-18-11-13-20(14-12-18)22-23(27(2)16-19-8-4-3-5-9-19)25(30)28(24(22)29)17-21-10-6-7-15-26-21/h3-15H,16-17H2,1-2H3. The Balaban J connectivity index is 1.72. The minimum Gasteiger partial charge on any atom is -0.365 e. The number of benzene rings is 2. The van der Waals surface area contributed by atoms with E-state index in [4.69, 9.17) is 0 Å². The van der Waals surface area contributed by atoms with Crippen LogP contribution in [-0.4, -0.2) is 33.6 Å². The molecule has 5 heteroatoms. The molecule has 3 aromatic rings. The van der Waals surface area contributed by atoms with Crippen LogP contribution in [0.3, 0.4) is 0 Å². The smallest absolute Gasteiger partial charge is 0.278 e. The first-order valence-electron chi connectivity index (χ1n) is 9.87. The number of carbonyl (C=O) groups is 2. The van der Waals surface area contributed by atoms with Crippen molar-refractivity contribution in [2.24, 2.45) is 0 Å². The molecule has 0 N–H and O–H groups in total. The summed E-state index contributed by atoms with van der Waals surface area (Å²) in [6.07, 6.45) is 1.66. The summed E-state index contributed by atoms with van der Waals surface area (Å²) in [5.74, 6) is -0.580. The highest BCUT2D eigenvalue weighted by Crippen LogP contribution is 2.32. The van der Waals surface area contributed by atoms with Crippen molar-refractivity contribution >= 4 is 17.4 Å². The normalized spacial score (nSPS) is 13.9. The molecule has 0 atom stereocenters. The highest BCUT2D eigenvalue weighted by Gasteiger charge is 2.40. The van der Waals surface area contributed by atoms with Crippen LogP contribution in [0.4, 0.5) is 0 Å². The molecule has 2 amide bonds. The molecule has 1 aliphatic heterocycles. The monoisotopic (exact) mass is 397 g/mol. The van der Waals surface area contributed by atoms with E-state index in [0.29, 0.717) is 23.5 Å². The summed E-state index contributed by atoms with van der Waals surface area (Å²) in [6, 6.07) is 23.1. The molecule has 0 radical (unpaired) electrons. The Labute approximate surface area is 176 Å². The number of nitrogens with zero attached hydrogens (tertiary/aromatic N) is 3. The third kappa shape index (κ3) is 3.87. The zero-order valence-electron chi connectivity index (χ0n) is 17.1. The van der Waals surface area contributed by atoms with E-state index in [2.05, 4.69) is 4.98 Å². The minimum absolute atomic E-state index is 0.149. The summed E-state index contributed by atoms with van der Waals surface area (Å²) in [5, 5.41) is 0. The quantitative estimate of drug-likeness (QED) is 0.594. The van der Waals surface area contributed by atoms with Crippen LogP contribution >= 0.6 is 0 Å². The second-order valence-electron chi connectivity index (χ2n) is 7.45. The van der Waals surface area contributed by atoms with Gasteiger partial charge in [-0.05, 0) is 30.2 Å². The Hall–Kier alpha value is -3.73. The van der Waals surface area contributed by atoms with Gasteiger partial charge < -0.3 is 4.90 Å². The number of pyridine rings is 1. The fourth-order valence-electron chi connectivity index (χ4n) is 3.63. The second-order valence-corrected chi connectivity index (χ2v) is 7.45. The molecule has 0 saturated carbocycles. The molecule has 4 rings (SSSR count). The second kappa shape index (κ2) is 8.33. The molecular formula is C25H23N3O2. The van der Waals surface area contributed by atoms with E-state index in [1.165, 1.54) is 4.90 Å². The lowest BCUT2D eigenvalue weighted by Gasteiger charge is -2.21. The Morgan fingerprint density at radius 2 is 1.57 bits per heavy atom. The lowest BCUT2D eigenvalue weighted by Crippen LogP contribution is -2.33. The maximum absolute atomic E-state index is 13.4. The van der Waals surface area contributed by atoms with Crippen molar-refractivity contribution < 1.29 is 9.59 Å². The zero-order chi connectivity index (χ0) is 21.1. The van der Waals surface area contributed by atoms with Crippen molar-refractivity contribution in [1.82, 2.24) is 14.8 Å². The summed E-state index contributed by atoms with van der Waals surface area (Å²) in [7, 11) is 1.85. The Morgan fingerprint density at radius 1 is 0.867 bits per heavy atom. The summed E-state index contributed by atoms with van der Waals surface area (Å²) in [5.41, 5.74) is 4.45. The van der Waals surface area contributed by atoms with E-state index < -0.39 is 0 Å². The van der Waals surface area contributed by atoms with Gasteiger partial charge in [0.05, 0.1) is 17.8 Å². The number of hydrogen-bond donors (Lipinski definition) is 0. The molecule has 0 unspecified atom stereocenters. The van der Waals surface area contributed by atoms with Gasteiger partial charge in [0, 0.05) is 19.8 Å². The van der Waals surface area contributed by atoms with Crippen molar-refractivity contribution in [1.29, 1.82) is 0 Å². The van der Waals surface area contributed by atoms with Gasteiger partial charge in [-0.15, -0.1) is 0 Å². The lowest BCUT2D eigenvalue weighted by atomic mass is 10.0. The Kier molecular flexibility index (Phi) is 5.44. The molecule has 0 fully saturated rings. The predicted octanol–water partition coefficient (Wildman–Crippen LogP) is 3.80. The first-order chi connectivity index (χ1) is 14.5. The summed E-state index contributed by atoms with van der Waals surface area (Å²) in [6.45, 7) is 2.67. The maximum Gasteiger partial charge on any atom is 0.278 e. The van der Waals surface area contributed by atoms with Crippen LogP contribution in [0.15, 0.2) is 84.7 Å². The van der Waals surface area contributed by atoms with Crippen LogP contribution < -0.4 is 0 Å². The highest BCUT2D eigenvalue weighted by molar-refractivity contribution is 6.35. The van der Waals surface area contributed by atoms with Crippen molar-refractivity contribution in [2.45, 2.75) is 20.0 Å². The minimum atomic E-state index is -0.292. The third-order valence-corrected chi connectivity index (χ3v) is 5.17. The van der Waals surface area contributed by atoms with Gasteiger partial charge in [-0.1, -0.05) is 66.2 Å². The van der Waals surface area contributed by atoms with Gasteiger partial charge >= 0.3 is 0 Å². The summed E-state index contributed by atoms with van der Waals surface area (Å²) >= 11 is 0. The van der Waals surface area contributed by atoms with E-state index >= 15 is 0 Å². The highest BCUT2D eigenvalue weighted by atomic mass is 16.2. The number of imide groups is 1. The van der Waals surface area contributed by atoms with E-state index in [9.17, 15) is 9.59 Å². The number of rotatable bonds is 6. The van der Waals surface area contributed by atoms with Crippen molar-refractivity contribution in [3.05, 3.63) is 107 Å². The van der Waals surface area contributed by atoms with Gasteiger partial charge in [0.2, 0.25) is 0 Å². The average molecular weight is 397 g/mol. The third-order valence-electron chi connectivity index (χ3n) is 5.17. The molecule has 0 spiro atoms. The Morgan fingerprint density at radius 3 is 2.23 bits per heavy atom. The molecule has 0 bridgehead atoms. The van der Waals surface area contributed by atoms with E-state index in [1.807, 2.05) is 91.7 Å². The fourth-order valence-corrected chi connectivity index (χ4v) is 3.63. The van der Waals surface area contributed by atoms with E-state index in [1.54, 1.807) is 6.20 Å². The number of carbonyl (C=O) groups excluding carboxylic acids is 2. The summed E-state index contributed by atoms with van der Waals surface area (Å²) < 4.78 is 0. The van der Waals surface area contributed by atoms with Crippen LogP contribution in [0.1, 0.15) is 22.4 Å². The Bertz CT molecular complexity index is 1090. The lowest BCUT2D eigenvalue weighted by molar-refractivity contribution is -0.138. The van der Waals surface area contributed by atoms with Crippen LogP contribution in [0.5, 0.6) is 0 Å². The molecule has 2 aromatic carbocycles. The van der Waals surface area contributed by atoms with Crippen molar-refractivity contribution in [3.8, 4) is 0 Å². The zero-order valence-corrected chi connectivity index (χ0v) is 17.1. The van der Waals surface area contributed by atoms with Crippen molar-refractivity contribution in [3.63, 3.8) is 0 Å². The van der Waals surface area contributed by atoms with Gasteiger partial charge in [-0.25, -0.2) is 0 Å².